The van der Waals surface area contributed by atoms with Gasteiger partial charge in [-0.15, -0.1) is 0 Å². The summed E-state index contributed by atoms with van der Waals surface area (Å²) in [6.07, 6.45) is 2.80. The summed E-state index contributed by atoms with van der Waals surface area (Å²) in [5, 5.41) is 7.00. The number of benzene rings is 3. The van der Waals surface area contributed by atoms with Crippen molar-refractivity contribution in [3.8, 4) is 11.5 Å². The molecule has 0 saturated carbocycles. The van der Waals surface area contributed by atoms with Crippen molar-refractivity contribution in [2.24, 2.45) is 5.92 Å². The van der Waals surface area contributed by atoms with Crippen molar-refractivity contribution < 1.29 is 23.5 Å². The van der Waals surface area contributed by atoms with Crippen LogP contribution in [0.5, 0.6) is 11.5 Å². The molecule has 39 heavy (non-hydrogen) atoms. The van der Waals surface area contributed by atoms with Crippen LogP contribution >= 0.6 is 0 Å². The van der Waals surface area contributed by atoms with Gasteiger partial charge in [-0.2, -0.15) is 0 Å². The number of rotatable bonds is 12. The van der Waals surface area contributed by atoms with Crippen LogP contribution in [0, 0.1) is 5.92 Å². The van der Waals surface area contributed by atoms with Crippen LogP contribution in [0.15, 0.2) is 77.2 Å². The van der Waals surface area contributed by atoms with E-state index in [1.54, 1.807) is 48.5 Å². The van der Waals surface area contributed by atoms with E-state index in [0.717, 1.165) is 37.7 Å². The smallest absolute Gasteiger partial charge is 0.255 e. The van der Waals surface area contributed by atoms with Crippen LogP contribution in [0.1, 0.15) is 23.2 Å². The lowest BCUT2D eigenvalue weighted by atomic mass is 10.1. The molecule has 3 aromatic carbocycles. The number of hydrogen-bond acceptors (Lipinski definition) is 7. The predicted octanol–water partition coefficient (Wildman–Crippen LogP) is 4.69. The van der Waals surface area contributed by atoms with Gasteiger partial charge in [0.05, 0.1) is 29.9 Å². The number of furan rings is 1. The van der Waals surface area contributed by atoms with Gasteiger partial charge in [-0.05, 0) is 80.4 Å². The topological polar surface area (TPSA) is 119 Å². The highest BCUT2D eigenvalue weighted by atomic mass is 16.5. The maximum Gasteiger partial charge on any atom is 0.255 e. The van der Waals surface area contributed by atoms with E-state index in [0.29, 0.717) is 52.4 Å². The van der Waals surface area contributed by atoms with Gasteiger partial charge in [0.15, 0.2) is 5.75 Å². The van der Waals surface area contributed by atoms with Crippen LogP contribution in [0.4, 0.5) is 17.3 Å². The Morgan fingerprint density at radius 2 is 1.85 bits per heavy atom. The largest absolute Gasteiger partial charge is 0.492 e. The molecule has 2 amide bonds. The summed E-state index contributed by atoms with van der Waals surface area (Å²) in [6, 6.07) is 21.4. The van der Waals surface area contributed by atoms with Gasteiger partial charge in [0.25, 0.3) is 5.91 Å². The van der Waals surface area contributed by atoms with Crippen LogP contribution in [-0.4, -0.2) is 45.2 Å². The number of nitrogen functional groups attached to an aromatic ring is 1. The van der Waals surface area contributed by atoms with Crippen molar-refractivity contribution in [3.05, 3.63) is 78.4 Å². The highest BCUT2D eigenvalue weighted by molar-refractivity contribution is 6.05. The molecule has 0 bridgehead atoms. The van der Waals surface area contributed by atoms with Crippen molar-refractivity contribution in [2.75, 3.05) is 48.8 Å². The first-order chi connectivity index (χ1) is 19.1. The van der Waals surface area contributed by atoms with E-state index in [4.69, 9.17) is 19.6 Å². The van der Waals surface area contributed by atoms with Crippen molar-refractivity contribution in [3.63, 3.8) is 0 Å². The third-order valence-corrected chi connectivity index (χ3v) is 6.78. The number of ether oxygens (including phenoxy) is 2. The lowest BCUT2D eigenvalue weighted by Crippen LogP contribution is -2.27. The molecule has 1 fully saturated rings. The van der Waals surface area contributed by atoms with Gasteiger partial charge in [-0.3, -0.25) is 14.5 Å². The summed E-state index contributed by atoms with van der Waals surface area (Å²) in [7, 11) is 0. The summed E-state index contributed by atoms with van der Waals surface area (Å²) in [6.45, 7) is 3.06. The van der Waals surface area contributed by atoms with Gasteiger partial charge >= 0.3 is 0 Å². The minimum Gasteiger partial charge on any atom is -0.492 e. The molecule has 1 atom stereocenters. The molecule has 2 heterocycles. The number of para-hydroxylation sites is 3. The highest BCUT2D eigenvalue weighted by Gasteiger charge is 2.22. The molecule has 202 valence electrons. The molecule has 1 aliphatic rings. The standard InChI is InChI=1S/C30H32N4O5/c31-25-6-2-3-7-26(25)33-29(36)22-9-11-23(12-10-22)37-18-16-34(20-35)30-28(24-5-1-4-8-27(24)39-30)38-17-14-21-13-15-32-19-21/h1-12,20-21,32H,13-19,31H2,(H,33,36). The van der Waals surface area contributed by atoms with Crippen LogP contribution < -0.4 is 30.7 Å². The third-order valence-electron chi connectivity index (χ3n) is 6.78. The fourth-order valence-electron chi connectivity index (χ4n) is 4.60. The number of fused-ring (bicyclic) bond motifs is 1. The second-order valence-corrected chi connectivity index (χ2v) is 9.44. The molecule has 4 N–H and O–H groups in total. The summed E-state index contributed by atoms with van der Waals surface area (Å²) >= 11 is 0. The summed E-state index contributed by atoms with van der Waals surface area (Å²) in [4.78, 5) is 26.1. The zero-order chi connectivity index (χ0) is 27.0. The van der Waals surface area contributed by atoms with Gasteiger partial charge in [0, 0.05) is 5.56 Å². The Hall–Kier alpha value is -4.50. The van der Waals surface area contributed by atoms with E-state index in [1.807, 2.05) is 24.3 Å². The Kier molecular flexibility index (Phi) is 8.28. The summed E-state index contributed by atoms with van der Waals surface area (Å²) < 4.78 is 18.1. The van der Waals surface area contributed by atoms with Crippen molar-refractivity contribution in [2.45, 2.75) is 12.8 Å². The Morgan fingerprint density at radius 1 is 1.05 bits per heavy atom. The van der Waals surface area contributed by atoms with Gasteiger partial charge in [0.1, 0.15) is 17.9 Å². The van der Waals surface area contributed by atoms with Crippen molar-refractivity contribution in [1.82, 2.24) is 5.32 Å². The first-order valence-electron chi connectivity index (χ1n) is 13.1. The van der Waals surface area contributed by atoms with E-state index in [9.17, 15) is 9.59 Å². The number of anilines is 3. The Bertz CT molecular complexity index is 1410. The van der Waals surface area contributed by atoms with Crippen LogP contribution in [0.3, 0.4) is 0 Å². The molecular weight excluding hydrogens is 496 g/mol. The highest BCUT2D eigenvalue weighted by Crippen LogP contribution is 2.39. The monoisotopic (exact) mass is 528 g/mol. The fourth-order valence-corrected chi connectivity index (χ4v) is 4.60. The first kappa shape index (κ1) is 26.1. The Labute approximate surface area is 226 Å². The lowest BCUT2D eigenvalue weighted by Gasteiger charge is -2.17. The molecule has 1 aliphatic heterocycles. The number of hydrogen-bond donors (Lipinski definition) is 3. The van der Waals surface area contributed by atoms with E-state index in [-0.39, 0.29) is 19.1 Å². The SMILES string of the molecule is Nc1ccccc1NC(=O)c1ccc(OCCN(C=O)c2oc3ccccc3c2OCCC2CCNC2)cc1. The van der Waals surface area contributed by atoms with Gasteiger partial charge in [-0.1, -0.05) is 24.3 Å². The van der Waals surface area contributed by atoms with Crippen LogP contribution in [0.2, 0.25) is 0 Å². The second-order valence-electron chi connectivity index (χ2n) is 9.44. The minimum atomic E-state index is -0.270. The van der Waals surface area contributed by atoms with E-state index >= 15 is 0 Å². The molecule has 5 rings (SSSR count). The predicted molar refractivity (Wildman–Crippen MR) is 151 cm³/mol. The number of nitrogens with zero attached hydrogens (tertiary/aromatic N) is 1. The Balaban J connectivity index is 1.19. The molecule has 1 unspecified atom stereocenters. The maximum atomic E-state index is 12.6. The number of amides is 2. The average Bonchev–Trinajstić information content (AvgIpc) is 3.61. The summed E-state index contributed by atoms with van der Waals surface area (Å²) in [5.41, 5.74) is 8.08. The maximum absolute atomic E-state index is 12.6. The fraction of sp³-hybridized carbons (Fsp3) is 0.267. The van der Waals surface area contributed by atoms with Gasteiger partial charge < -0.3 is 30.3 Å². The molecule has 9 nitrogen and oxygen atoms in total. The van der Waals surface area contributed by atoms with Crippen LogP contribution in [0.25, 0.3) is 11.0 Å². The number of carbonyl (C=O) groups excluding carboxylic acids is 2. The Morgan fingerprint density at radius 3 is 2.62 bits per heavy atom. The minimum absolute atomic E-state index is 0.217. The van der Waals surface area contributed by atoms with Crippen molar-refractivity contribution >= 4 is 40.5 Å². The normalized spacial score (nSPS) is 14.7. The molecule has 1 aromatic heterocycles. The van der Waals surface area contributed by atoms with Gasteiger partial charge in [0.2, 0.25) is 12.3 Å². The van der Waals surface area contributed by atoms with E-state index in [1.165, 1.54) is 4.90 Å². The third kappa shape index (κ3) is 6.32. The number of nitrogens with two attached hydrogens (primary N) is 1. The average molecular weight is 529 g/mol. The zero-order valence-electron chi connectivity index (χ0n) is 21.6. The van der Waals surface area contributed by atoms with E-state index < -0.39 is 0 Å². The molecular formula is C30H32N4O5. The number of nitrogens with one attached hydrogen (secondary N) is 2. The second kappa shape index (κ2) is 12.4. The van der Waals surface area contributed by atoms with E-state index in [2.05, 4.69) is 10.6 Å². The van der Waals surface area contributed by atoms with Gasteiger partial charge in [-0.25, -0.2) is 0 Å². The first-order valence-corrected chi connectivity index (χ1v) is 13.1. The van der Waals surface area contributed by atoms with Crippen molar-refractivity contribution in [1.29, 1.82) is 0 Å². The molecule has 0 radical (unpaired) electrons. The zero-order valence-corrected chi connectivity index (χ0v) is 21.6. The molecule has 0 spiro atoms. The molecule has 0 aliphatic carbocycles. The summed E-state index contributed by atoms with van der Waals surface area (Å²) in [5.74, 6) is 1.83. The molecule has 4 aromatic rings. The molecule has 9 heteroatoms. The molecule has 1 saturated heterocycles. The quantitative estimate of drug-likeness (QED) is 0.180. The van der Waals surface area contributed by atoms with Crippen LogP contribution in [-0.2, 0) is 4.79 Å². The number of carbonyl (C=O) groups is 2. The lowest BCUT2D eigenvalue weighted by molar-refractivity contribution is -0.107.